The molecule has 0 saturated heterocycles. The van der Waals surface area contributed by atoms with Crippen molar-refractivity contribution in [3.63, 3.8) is 0 Å². The maximum absolute atomic E-state index is 6.31. The highest BCUT2D eigenvalue weighted by molar-refractivity contribution is 5.38. The molecule has 106 valence electrons. The molecule has 1 aromatic rings. The van der Waals surface area contributed by atoms with Crippen LogP contribution in [0.5, 0.6) is 5.75 Å². The molecule has 1 aliphatic carbocycles. The van der Waals surface area contributed by atoms with Gasteiger partial charge < -0.3 is 10.1 Å². The third-order valence-electron chi connectivity index (χ3n) is 5.02. The second-order valence-corrected chi connectivity index (χ2v) is 6.01. The smallest absolute Gasteiger partial charge is 0.122 e. The third-order valence-corrected chi connectivity index (χ3v) is 5.02. The molecule has 1 saturated carbocycles. The lowest BCUT2D eigenvalue weighted by molar-refractivity contribution is -0.0700. The molecule has 0 heterocycles. The van der Waals surface area contributed by atoms with Gasteiger partial charge in [-0.05, 0) is 44.0 Å². The first-order chi connectivity index (χ1) is 9.02. The Balaban J connectivity index is 2.10. The lowest BCUT2D eigenvalue weighted by Gasteiger charge is -2.53. The van der Waals surface area contributed by atoms with E-state index in [0.717, 1.165) is 25.1 Å². The number of hydrogen-bond acceptors (Lipinski definition) is 2. The molecule has 0 aromatic heterocycles. The van der Waals surface area contributed by atoms with Crippen LogP contribution in [-0.4, -0.2) is 18.7 Å². The molecule has 0 bridgehead atoms. The monoisotopic (exact) mass is 261 g/mol. The van der Waals surface area contributed by atoms with Gasteiger partial charge in [-0.15, -0.1) is 0 Å². The molecule has 0 aliphatic heterocycles. The molecular formula is C17H27NO. The minimum Gasteiger partial charge on any atom is -0.489 e. The summed E-state index contributed by atoms with van der Waals surface area (Å²) in [5.74, 6) is 1.06. The molecule has 0 radical (unpaired) electrons. The number of benzene rings is 1. The zero-order valence-corrected chi connectivity index (χ0v) is 12.9. The summed E-state index contributed by atoms with van der Waals surface area (Å²) < 4.78 is 6.31. The number of hydrogen-bond donors (Lipinski definition) is 1. The fourth-order valence-electron chi connectivity index (χ4n) is 3.04. The number of nitrogens with one attached hydrogen (secondary N) is 1. The summed E-state index contributed by atoms with van der Waals surface area (Å²) in [5.41, 5.74) is 2.83. The molecule has 1 aromatic carbocycles. The van der Waals surface area contributed by atoms with E-state index in [4.69, 9.17) is 4.74 Å². The van der Waals surface area contributed by atoms with Crippen molar-refractivity contribution in [2.75, 3.05) is 6.54 Å². The molecule has 2 rings (SSSR count). The van der Waals surface area contributed by atoms with Crippen LogP contribution in [0.4, 0.5) is 0 Å². The summed E-state index contributed by atoms with van der Waals surface area (Å²) in [5, 5.41) is 3.59. The Morgan fingerprint density at radius 3 is 2.68 bits per heavy atom. The van der Waals surface area contributed by atoms with Crippen LogP contribution < -0.4 is 10.1 Å². The van der Waals surface area contributed by atoms with Crippen molar-refractivity contribution < 1.29 is 4.74 Å². The predicted octanol–water partition coefficient (Wildman–Crippen LogP) is 3.85. The lowest BCUT2D eigenvalue weighted by atomic mass is 9.61. The van der Waals surface area contributed by atoms with E-state index in [2.05, 4.69) is 58.1 Å². The largest absolute Gasteiger partial charge is 0.489 e. The van der Waals surface area contributed by atoms with Gasteiger partial charge in [-0.2, -0.15) is 0 Å². The molecule has 0 amide bonds. The highest BCUT2D eigenvalue weighted by Crippen LogP contribution is 2.46. The van der Waals surface area contributed by atoms with E-state index in [1.165, 1.54) is 11.1 Å². The van der Waals surface area contributed by atoms with Crippen LogP contribution in [0.15, 0.2) is 18.2 Å². The Morgan fingerprint density at radius 1 is 1.32 bits per heavy atom. The molecule has 2 heteroatoms. The molecule has 3 atom stereocenters. The van der Waals surface area contributed by atoms with Crippen LogP contribution in [0.3, 0.4) is 0 Å². The second kappa shape index (κ2) is 5.54. The molecule has 3 unspecified atom stereocenters. The number of rotatable bonds is 5. The Morgan fingerprint density at radius 2 is 2.05 bits per heavy atom. The summed E-state index contributed by atoms with van der Waals surface area (Å²) in [7, 11) is 0. The van der Waals surface area contributed by atoms with Crippen LogP contribution in [0.25, 0.3) is 0 Å². The van der Waals surface area contributed by atoms with E-state index in [9.17, 15) is 0 Å². The van der Waals surface area contributed by atoms with Gasteiger partial charge in [0.25, 0.3) is 0 Å². The van der Waals surface area contributed by atoms with Gasteiger partial charge in [-0.3, -0.25) is 0 Å². The minimum atomic E-state index is 0.256. The van der Waals surface area contributed by atoms with E-state index in [0.29, 0.717) is 12.1 Å². The van der Waals surface area contributed by atoms with Gasteiger partial charge in [0.2, 0.25) is 0 Å². The zero-order chi connectivity index (χ0) is 14.0. The molecular weight excluding hydrogens is 234 g/mol. The van der Waals surface area contributed by atoms with Crippen molar-refractivity contribution in [3.8, 4) is 5.75 Å². The molecule has 1 N–H and O–H groups in total. The van der Waals surface area contributed by atoms with Gasteiger partial charge in [0.1, 0.15) is 11.9 Å². The quantitative estimate of drug-likeness (QED) is 0.869. The van der Waals surface area contributed by atoms with Gasteiger partial charge in [0.15, 0.2) is 0 Å². The van der Waals surface area contributed by atoms with Gasteiger partial charge in [0, 0.05) is 17.9 Å². The van der Waals surface area contributed by atoms with Crippen LogP contribution in [-0.2, 0) is 0 Å². The second-order valence-electron chi connectivity index (χ2n) is 6.01. The molecule has 1 fully saturated rings. The van der Waals surface area contributed by atoms with Gasteiger partial charge in [-0.1, -0.05) is 32.9 Å². The van der Waals surface area contributed by atoms with E-state index < -0.39 is 0 Å². The first kappa shape index (κ1) is 14.4. The zero-order valence-electron chi connectivity index (χ0n) is 12.9. The highest BCUT2D eigenvalue weighted by atomic mass is 16.5. The Hall–Kier alpha value is -1.02. The predicted molar refractivity (Wildman–Crippen MR) is 80.8 cm³/mol. The number of aryl methyl sites for hydroxylation is 1. The average Bonchev–Trinajstić information content (AvgIpc) is 2.41. The topological polar surface area (TPSA) is 21.3 Å². The molecule has 19 heavy (non-hydrogen) atoms. The fourth-order valence-corrected chi connectivity index (χ4v) is 3.04. The van der Waals surface area contributed by atoms with Crippen molar-refractivity contribution in [3.05, 3.63) is 29.3 Å². The van der Waals surface area contributed by atoms with Gasteiger partial charge in [-0.25, -0.2) is 0 Å². The summed E-state index contributed by atoms with van der Waals surface area (Å²) >= 11 is 0. The van der Waals surface area contributed by atoms with Gasteiger partial charge in [0.05, 0.1) is 0 Å². The van der Waals surface area contributed by atoms with Crippen LogP contribution in [0, 0.1) is 19.3 Å². The highest BCUT2D eigenvalue weighted by Gasteiger charge is 2.51. The standard InChI is InChI=1S/C17H27NO/c1-6-17(5)15(18-7-2)11-16(17)19-14-10-8-9-12(3)13(14)4/h8-10,15-16,18H,6-7,11H2,1-5H3. The van der Waals surface area contributed by atoms with Crippen molar-refractivity contribution in [1.29, 1.82) is 0 Å². The first-order valence-corrected chi connectivity index (χ1v) is 7.49. The van der Waals surface area contributed by atoms with E-state index in [1.807, 2.05) is 0 Å². The fraction of sp³-hybridized carbons (Fsp3) is 0.647. The Kier molecular flexibility index (Phi) is 4.19. The Labute approximate surface area is 117 Å². The summed E-state index contributed by atoms with van der Waals surface area (Å²) in [6, 6.07) is 6.92. The van der Waals surface area contributed by atoms with E-state index >= 15 is 0 Å². The van der Waals surface area contributed by atoms with E-state index in [1.54, 1.807) is 0 Å². The van der Waals surface area contributed by atoms with Crippen LogP contribution in [0.2, 0.25) is 0 Å². The van der Waals surface area contributed by atoms with Crippen molar-refractivity contribution in [2.24, 2.45) is 5.41 Å². The van der Waals surface area contributed by atoms with Crippen LogP contribution >= 0.6 is 0 Å². The van der Waals surface area contributed by atoms with Gasteiger partial charge >= 0.3 is 0 Å². The lowest BCUT2D eigenvalue weighted by Crippen LogP contribution is -2.63. The third kappa shape index (κ3) is 2.51. The molecule has 0 spiro atoms. The maximum Gasteiger partial charge on any atom is 0.122 e. The van der Waals surface area contributed by atoms with Crippen molar-refractivity contribution in [2.45, 2.75) is 59.6 Å². The average molecular weight is 261 g/mol. The number of ether oxygens (including phenoxy) is 1. The van der Waals surface area contributed by atoms with Crippen molar-refractivity contribution >= 4 is 0 Å². The normalized spacial score (nSPS) is 29.9. The van der Waals surface area contributed by atoms with Crippen LogP contribution in [0.1, 0.15) is 44.7 Å². The summed E-state index contributed by atoms with van der Waals surface area (Å²) in [6.07, 6.45) is 2.60. The minimum absolute atomic E-state index is 0.256. The molecule has 1 aliphatic rings. The Bertz CT molecular complexity index is 443. The van der Waals surface area contributed by atoms with E-state index in [-0.39, 0.29) is 5.41 Å². The molecule has 2 nitrogen and oxygen atoms in total. The van der Waals surface area contributed by atoms with Crippen molar-refractivity contribution in [1.82, 2.24) is 5.32 Å². The SMILES string of the molecule is CCNC1CC(Oc2cccc(C)c2C)C1(C)CC. The first-order valence-electron chi connectivity index (χ1n) is 7.49. The summed E-state index contributed by atoms with van der Waals surface area (Å²) in [4.78, 5) is 0. The maximum atomic E-state index is 6.31. The summed E-state index contributed by atoms with van der Waals surface area (Å²) in [6.45, 7) is 12.1.